The third kappa shape index (κ3) is 3.12. The van der Waals surface area contributed by atoms with E-state index in [1.807, 2.05) is 0 Å². The van der Waals surface area contributed by atoms with Crippen molar-refractivity contribution in [2.24, 2.45) is 11.3 Å². The minimum absolute atomic E-state index is 0.232. The molecule has 0 atom stereocenters. The number of nitrogens with zero attached hydrogens (tertiary/aromatic N) is 2. The molecule has 0 unspecified atom stereocenters. The van der Waals surface area contributed by atoms with Crippen LogP contribution in [0.5, 0.6) is 0 Å². The van der Waals surface area contributed by atoms with Crippen LogP contribution in [0.3, 0.4) is 0 Å². The zero-order chi connectivity index (χ0) is 15.0. The molecule has 0 spiro atoms. The Morgan fingerprint density at radius 2 is 1.90 bits per heavy atom. The second-order valence-electron chi connectivity index (χ2n) is 6.46. The van der Waals surface area contributed by atoms with Crippen molar-refractivity contribution < 1.29 is 8.42 Å². The Morgan fingerprint density at radius 1 is 1.30 bits per heavy atom. The molecule has 0 saturated carbocycles. The van der Waals surface area contributed by atoms with Gasteiger partial charge in [0.1, 0.15) is 5.82 Å². The molecule has 0 amide bonds. The number of aromatic nitrogens is 1. The molecule has 1 aromatic heterocycles. The summed E-state index contributed by atoms with van der Waals surface area (Å²) >= 11 is 0. The van der Waals surface area contributed by atoms with Gasteiger partial charge in [-0.2, -0.15) is 4.31 Å². The van der Waals surface area contributed by atoms with Gasteiger partial charge in [-0.15, -0.1) is 0 Å². The fraction of sp³-hybridized carbons (Fsp3) is 0.643. The first-order valence-corrected chi connectivity index (χ1v) is 8.37. The predicted octanol–water partition coefficient (Wildman–Crippen LogP) is 2.11. The molecule has 1 aromatic rings. The lowest BCUT2D eigenvalue weighted by atomic mass is 9.76. The third-order valence-electron chi connectivity index (χ3n) is 4.07. The number of nitrogens with two attached hydrogens (primary N) is 1. The van der Waals surface area contributed by atoms with E-state index in [9.17, 15) is 8.42 Å². The molecule has 0 aliphatic carbocycles. The topological polar surface area (TPSA) is 76.3 Å². The second kappa shape index (κ2) is 5.33. The summed E-state index contributed by atoms with van der Waals surface area (Å²) in [6, 6.07) is 2.92. The molecule has 1 aliphatic rings. The van der Waals surface area contributed by atoms with Crippen LogP contribution in [0, 0.1) is 11.3 Å². The number of hydrogen-bond acceptors (Lipinski definition) is 4. The number of pyridine rings is 1. The highest BCUT2D eigenvalue weighted by Gasteiger charge is 2.33. The molecule has 1 saturated heterocycles. The van der Waals surface area contributed by atoms with E-state index in [-0.39, 0.29) is 16.1 Å². The van der Waals surface area contributed by atoms with E-state index < -0.39 is 10.0 Å². The van der Waals surface area contributed by atoms with Crippen molar-refractivity contribution >= 4 is 15.8 Å². The lowest BCUT2D eigenvalue weighted by Gasteiger charge is -2.38. The van der Waals surface area contributed by atoms with Crippen molar-refractivity contribution in [3.63, 3.8) is 0 Å². The molecular weight excluding hydrogens is 274 g/mol. The van der Waals surface area contributed by atoms with E-state index in [1.54, 1.807) is 4.31 Å². The summed E-state index contributed by atoms with van der Waals surface area (Å²) in [7, 11) is -3.44. The highest BCUT2D eigenvalue weighted by Crippen LogP contribution is 2.35. The van der Waals surface area contributed by atoms with Gasteiger partial charge in [0.15, 0.2) is 0 Å². The maximum Gasteiger partial charge on any atom is 0.243 e. The van der Waals surface area contributed by atoms with Gasteiger partial charge in [0.25, 0.3) is 0 Å². The number of sulfonamides is 1. The van der Waals surface area contributed by atoms with Crippen LogP contribution in [0.1, 0.15) is 33.6 Å². The smallest absolute Gasteiger partial charge is 0.243 e. The first kappa shape index (κ1) is 15.3. The van der Waals surface area contributed by atoms with Crippen molar-refractivity contribution in [3.8, 4) is 0 Å². The van der Waals surface area contributed by atoms with E-state index in [1.165, 1.54) is 18.3 Å². The van der Waals surface area contributed by atoms with Crippen LogP contribution in [0.15, 0.2) is 23.2 Å². The van der Waals surface area contributed by atoms with Gasteiger partial charge >= 0.3 is 0 Å². The largest absolute Gasteiger partial charge is 0.384 e. The molecule has 2 heterocycles. The van der Waals surface area contributed by atoms with Crippen LogP contribution in [0.4, 0.5) is 5.82 Å². The van der Waals surface area contributed by atoms with Gasteiger partial charge < -0.3 is 5.73 Å². The summed E-state index contributed by atoms with van der Waals surface area (Å²) < 4.78 is 26.6. The summed E-state index contributed by atoms with van der Waals surface area (Å²) in [5.74, 6) is 0.798. The number of anilines is 1. The van der Waals surface area contributed by atoms with E-state index >= 15 is 0 Å². The van der Waals surface area contributed by atoms with Crippen LogP contribution in [-0.4, -0.2) is 30.8 Å². The standard InChI is InChI=1S/C14H23N3O2S/c1-14(2,3)11-5-8-17(9-6-11)20(18,19)12-4-7-16-13(15)10-12/h4,7,10-11H,5-6,8-9H2,1-3H3,(H2,15,16). The van der Waals surface area contributed by atoms with E-state index in [0.717, 1.165) is 12.8 Å². The number of rotatable bonds is 2. The lowest BCUT2D eigenvalue weighted by molar-refractivity contribution is 0.154. The molecule has 20 heavy (non-hydrogen) atoms. The highest BCUT2D eigenvalue weighted by atomic mass is 32.2. The van der Waals surface area contributed by atoms with Gasteiger partial charge in [0.05, 0.1) is 4.90 Å². The molecule has 112 valence electrons. The molecule has 0 radical (unpaired) electrons. The van der Waals surface area contributed by atoms with Crippen molar-refractivity contribution in [2.75, 3.05) is 18.8 Å². The Morgan fingerprint density at radius 3 is 2.40 bits per heavy atom. The number of hydrogen-bond donors (Lipinski definition) is 1. The van der Waals surface area contributed by atoms with Gasteiger partial charge in [0.2, 0.25) is 10.0 Å². The van der Waals surface area contributed by atoms with E-state index in [2.05, 4.69) is 25.8 Å². The molecule has 1 aliphatic heterocycles. The molecule has 2 N–H and O–H groups in total. The van der Waals surface area contributed by atoms with Crippen molar-refractivity contribution in [1.82, 2.24) is 9.29 Å². The van der Waals surface area contributed by atoms with E-state index in [4.69, 9.17) is 5.73 Å². The second-order valence-corrected chi connectivity index (χ2v) is 8.40. The summed E-state index contributed by atoms with van der Waals surface area (Å²) in [5, 5.41) is 0. The van der Waals surface area contributed by atoms with Gasteiger partial charge in [0, 0.05) is 25.4 Å². The van der Waals surface area contributed by atoms with Crippen molar-refractivity contribution in [2.45, 2.75) is 38.5 Å². The maximum atomic E-state index is 12.5. The number of piperidine rings is 1. The first-order valence-electron chi connectivity index (χ1n) is 6.93. The molecule has 5 nitrogen and oxygen atoms in total. The van der Waals surface area contributed by atoms with Crippen LogP contribution in [0.2, 0.25) is 0 Å². The first-order chi connectivity index (χ1) is 9.21. The Bertz CT molecular complexity index is 570. The zero-order valence-corrected chi connectivity index (χ0v) is 13.2. The molecule has 0 bridgehead atoms. The summed E-state index contributed by atoms with van der Waals surface area (Å²) in [6.07, 6.45) is 3.25. The normalized spacial score (nSPS) is 19.1. The summed E-state index contributed by atoms with van der Waals surface area (Å²) in [5.41, 5.74) is 5.80. The van der Waals surface area contributed by atoms with Gasteiger partial charge in [-0.1, -0.05) is 20.8 Å². The Balaban J connectivity index is 2.14. The van der Waals surface area contributed by atoms with Crippen LogP contribution in [0.25, 0.3) is 0 Å². The monoisotopic (exact) mass is 297 g/mol. The quantitative estimate of drug-likeness (QED) is 0.907. The Kier molecular flexibility index (Phi) is 4.07. The Hall–Kier alpha value is -1.14. The maximum absolute atomic E-state index is 12.5. The van der Waals surface area contributed by atoms with Gasteiger partial charge in [-0.3, -0.25) is 0 Å². The molecule has 0 aromatic carbocycles. The molecule has 6 heteroatoms. The van der Waals surface area contributed by atoms with Crippen LogP contribution in [-0.2, 0) is 10.0 Å². The predicted molar refractivity (Wildman–Crippen MR) is 79.6 cm³/mol. The summed E-state index contributed by atoms with van der Waals surface area (Å²) in [4.78, 5) is 4.07. The van der Waals surface area contributed by atoms with Crippen LogP contribution >= 0.6 is 0 Å². The highest BCUT2D eigenvalue weighted by molar-refractivity contribution is 7.89. The van der Waals surface area contributed by atoms with Crippen molar-refractivity contribution in [1.29, 1.82) is 0 Å². The lowest BCUT2D eigenvalue weighted by Crippen LogP contribution is -2.41. The SMILES string of the molecule is CC(C)(C)C1CCN(S(=O)(=O)c2ccnc(N)c2)CC1. The zero-order valence-electron chi connectivity index (χ0n) is 12.3. The van der Waals surface area contributed by atoms with E-state index in [0.29, 0.717) is 19.0 Å². The van der Waals surface area contributed by atoms with Crippen LogP contribution < -0.4 is 5.73 Å². The third-order valence-corrected chi connectivity index (χ3v) is 5.96. The molecular formula is C14H23N3O2S. The molecule has 1 fully saturated rings. The fourth-order valence-electron chi connectivity index (χ4n) is 2.70. The minimum atomic E-state index is -3.44. The fourth-order valence-corrected chi connectivity index (χ4v) is 4.19. The van der Waals surface area contributed by atoms with Crippen molar-refractivity contribution in [3.05, 3.63) is 18.3 Å². The Labute approximate surface area is 121 Å². The average molecular weight is 297 g/mol. The molecule has 2 rings (SSSR count). The van der Waals surface area contributed by atoms with Gasteiger partial charge in [-0.05, 0) is 30.2 Å². The minimum Gasteiger partial charge on any atom is -0.384 e. The van der Waals surface area contributed by atoms with Gasteiger partial charge in [-0.25, -0.2) is 13.4 Å². The average Bonchev–Trinajstić information content (AvgIpc) is 2.38. The summed E-state index contributed by atoms with van der Waals surface area (Å²) in [6.45, 7) is 7.79. The number of nitrogen functional groups attached to an aromatic ring is 1.